The van der Waals surface area contributed by atoms with Crippen LogP contribution in [-0.2, 0) is 11.4 Å². The number of carbonyl (C=O) groups is 2. The minimum absolute atomic E-state index is 0.0699. The zero-order valence-corrected chi connectivity index (χ0v) is 13.3. The van der Waals surface area contributed by atoms with Crippen molar-refractivity contribution in [1.82, 2.24) is 15.8 Å². The van der Waals surface area contributed by atoms with E-state index >= 15 is 0 Å². The Balaban J connectivity index is 1.99. The monoisotopic (exact) mass is 317 g/mol. The minimum atomic E-state index is -0.337. The van der Waals surface area contributed by atoms with Crippen molar-refractivity contribution >= 4 is 11.8 Å². The highest BCUT2D eigenvalue weighted by Gasteiger charge is 2.11. The van der Waals surface area contributed by atoms with Crippen LogP contribution in [0.4, 0.5) is 0 Å². The Morgan fingerprint density at radius 3 is 2.74 bits per heavy atom. The Morgan fingerprint density at radius 1 is 1.30 bits per heavy atom. The van der Waals surface area contributed by atoms with Crippen LogP contribution in [0.5, 0.6) is 5.75 Å². The number of benzene rings is 1. The maximum atomic E-state index is 12.0. The lowest BCUT2D eigenvalue weighted by Gasteiger charge is -2.08. The van der Waals surface area contributed by atoms with Crippen LogP contribution in [0.25, 0.3) is 0 Å². The van der Waals surface area contributed by atoms with Crippen LogP contribution >= 0.6 is 0 Å². The molecule has 2 aromatic rings. The van der Waals surface area contributed by atoms with Gasteiger partial charge in [-0.15, -0.1) is 0 Å². The number of hydrogen-bond donors (Lipinski definition) is 2. The molecule has 122 valence electrons. The van der Waals surface area contributed by atoms with E-state index in [1.165, 1.54) is 7.05 Å². The molecule has 23 heavy (non-hydrogen) atoms. The molecule has 2 rings (SSSR count). The number of likely N-dealkylation sites (N-methyl/N-ethyl adjacent to an activating group) is 1. The lowest BCUT2D eigenvalue weighted by atomic mass is 10.2. The molecule has 1 aromatic heterocycles. The number of carbonyl (C=O) groups excluding carboxylic acids is 2. The Bertz CT molecular complexity index is 690. The molecule has 0 aliphatic heterocycles. The number of hydrogen-bond acceptors (Lipinski definition) is 5. The van der Waals surface area contributed by atoms with Crippen molar-refractivity contribution in [2.24, 2.45) is 0 Å². The van der Waals surface area contributed by atoms with Crippen molar-refractivity contribution in [3.63, 3.8) is 0 Å². The second kappa shape index (κ2) is 7.44. The Morgan fingerprint density at radius 2 is 2.09 bits per heavy atom. The minimum Gasteiger partial charge on any atom is -0.489 e. The average Bonchev–Trinajstić information content (AvgIpc) is 2.89. The van der Waals surface area contributed by atoms with Gasteiger partial charge in [0.1, 0.15) is 18.1 Å². The van der Waals surface area contributed by atoms with Crippen molar-refractivity contribution in [3.05, 3.63) is 46.8 Å². The van der Waals surface area contributed by atoms with E-state index in [-0.39, 0.29) is 18.4 Å². The summed E-state index contributed by atoms with van der Waals surface area (Å²) in [5.74, 6) is 0.667. The molecule has 2 N–H and O–H groups in total. The third-order valence-corrected chi connectivity index (χ3v) is 3.35. The van der Waals surface area contributed by atoms with Gasteiger partial charge < -0.3 is 19.9 Å². The molecule has 0 aliphatic rings. The molecule has 0 spiro atoms. The van der Waals surface area contributed by atoms with Gasteiger partial charge >= 0.3 is 0 Å². The number of aryl methyl sites for hydroxylation is 2. The first kappa shape index (κ1) is 16.5. The number of ether oxygens (including phenoxy) is 1. The standard InChI is InChI=1S/C16H19N3O4/c1-10-14(11(2)23-19-10)9-22-13-6-4-5-12(7-13)16(21)18-8-15(20)17-3/h4-7H,8-9H2,1-3H3,(H,17,20)(H,18,21). The van der Waals surface area contributed by atoms with E-state index in [1.54, 1.807) is 24.3 Å². The molecule has 2 amide bonds. The first-order valence-corrected chi connectivity index (χ1v) is 7.14. The maximum absolute atomic E-state index is 12.0. The van der Waals surface area contributed by atoms with E-state index < -0.39 is 0 Å². The summed E-state index contributed by atoms with van der Waals surface area (Å²) in [6.45, 7) is 3.91. The summed E-state index contributed by atoms with van der Waals surface area (Å²) >= 11 is 0. The summed E-state index contributed by atoms with van der Waals surface area (Å²) < 4.78 is 10.8. The molecule has 0 aliphatic carbocycles. The number of nitrogens with one attached hydrogen (secondary N) is 2. The Kier molecular flexibility index (Phi) is 5.35. The number of nitrogens with zero attached hydrogens (tertiary/aromatic N) is 1. The number of amides is 2. The predicted octanol–water partition coefficient (Wildman–Crippen LogP) is 1.35. The molecule has 0 saturated heterocycles. The van der Waals surface area contributed by atoms with Crippen LogP contribution in [0, 0.1) is 13.8 Å². The smallest absolute Gasteiger partial charge is 0.251 e. The summed E-state index contributed by atoms with van der Waals surface area (Å²) in [6.07, 6.45) is 0. The fourth-order valence-corrected chi connectivity index (χ4v) is 1.94. The second-order valence-electron chi connectivity index (χ2n) is 4.98. The van der Waals surface area contributed by atoms with Crippen LogP contribution in [0.3, 0.4) is 0 Å². The van der Waals surface area contributed by atoms with Gasteiger partial charge in [-0.05, 0) is 32.0 Å². The van der Waals surface area contributed by atoms with E-state index in [0.717, 1.165) is 11.3 Å². The van der Waals surface area contributed by atoms with Crippen molar-refractivity contribution in [1.29, 1.82) is 0 Å². The summed E-state index contributed by atoms with van der Waals surface area (Å²) in [5, 5.41) is 8.84. The van der Waals surface area contributed by atoms with Crippen LogP contribution in [0.15, 0.2) is 28.8 Å². The van der Waals surface area contributed by atoms with Crippen LogP contribution in [0.1, 0.15) is 27.4 Å². The summed E-state index contributed by atoms with van der Waals surface area (Å²) in [5.41, 5.74) is 2.09. The van der Waals surface area contributed by atoms with Gasteiger partial charge in [-0.1, -0.05) is 11.2 Å². The molecule has 0 fully saturated rings. The highest BCUT2D eigenvalue weighted by Crippen LogP contribution is 2.18. The molecule has 1 aromatic carbocycles. The molecular formula is C16H19N3O4. The SMILES string of the molecule is CNC(=O)CNC(=O)c1cccc(OCc2c(C)noc2C)c1. The summed E-state index contributed by atoms with van der Waals surface area (Å²) in [6, 6.07) is 6.75. The average molecular weight is 317 g/mol. The zero-order valence-electron chi connectivity index (χ0n) is 13.3. The second-order valence-corrected chi connectivity index (χ2v) is 4.98. The fraction of sp³-hybridized carbons (Fsp3) is 0.312. The first-order valence-electron chi connectivity index (χ1n) is 7.14. The van der Waals surface area contributed by atoms with Crippen molar-refractivity contribution in [3.8, 4) is 5.75 Å². The lowest BCUT2D eigenvalue weighted by molar-refractivity contribution is -0.119. The van der Waals surface area contributed by atoms with Crippen molar-refractivity contribution in [2.45, 2.75) is 20.5 Å². The van der Waals surface area contributed by atoms with Gasteiger partial charge in [0.2, 0.25) is 5.91 Å². The quantitative estimate of drug-likeness (QED) is 0.839. The molecule has 1 heterocycles. The molecular weight excluding hydrogens is 298 g/mol. The van der Waals surface area contributed by atoms with Crippen LogP contribution in [0.2, 0.25) is 0 Å². The van der Waals surface area contributed by atoms with Crippen molar-refractivity contribution in [2.75, 3.05) is 13.6 Å². The highest BCUT2D eigenvalue weighted by molar-refractivity contribution is 5.96. The third-order valence-electron chi connectivity index (χ3n) is 3.35. The van der Waals surface area contributed by atoms with E-state index in [2.05, 4.69) is 15.8 Å². The van der Waals surface area contributed by atoms with E-state index in [4.69, 9.17) is 9.26 Å². The van der Waals surface area contributed by atoms with Gasteiger partial charge in [0.25, 0.3) is 5.91 Å². The van der Waals surface area contributed by atoms with Gasteiger partial charge in [-0.2, -0.15) is 0 Å². The Hall–Kier alpha value is -2.83. The molecule has 0 bridgehead atoms. The maximum Gasteiger partial charge on any atom is 0.251 e. The molecule has 0 atom stereocenters. The van der Waals surface area contributed by atoms with Crippen LogP contribution in [-0.4, -0.2) is 30.6 Å². The molecule has 0 saturated carbocycles. The van der Waals surface area contributed by atoms with E-state index in [1.807, 2.05) is 13.8 Å². The molecule has 7 nitrogen and oxygen atoms in total. The highest BCUT2D eigenvalue weighted by atomic mass is 16.5. The van der Waals surface area contributed by atoms with Gasteiger partial charge in [-0.3, -0.25) is 9.59 Å². The Labute approximate surface area is 134 Å². The van der Waals surface area contributed by atoms with Gasteiger partial charge in [0, 0.05) is 12.6 Å². The first-order chi connectivity index (χ1) is 11.0. The van der Waals surface area contributed by atoms with Gasteiger partial charge in [-0.25, -0.2) is 0 Å². The van der Waals surface area contributed by atoms with Crippen molar-refractivity contribution < 1.29 is 18.8 Å². The van der Waals surface area contributed by atoms with E-state index in [0.29, 0.717) is 23.7 Å². The third kappa shape index (κ3) is 4.32. The number of aromatic nitrogens is 1. The lowest BCUT2D eigenvalue weighted by Crippen LogP contribution is -2.35. The predicted molar refractivity (Wildman–Crippen MR) is 83.2 cm³/mol. The summed E-state index contributed by atoms with van der Waals surface area (Å²) in [7, 11) is 1.51. The number of rotatable bonds is 6. The van der Waals surface area contributed by atoms with Gasteiger partial charge in [0.15, 0.2) is 0 Å². The topological polar surface area (TPSA) is 93.5 Å². The summed E-state index contributed by atoms with van der Waals surface area (Å²) in [4.78, 5) is 23.1. The van der Waals surface area contributed by atoms with E-state index in [9.17, 15) is 9.59 Å². The molecule has 7 heteroatoms. The largest absolute Gasteiger partial charge is 0.489 e. The van der Waals surface area contributed by atoms with Gasteiger partial charge in [0.05, 0.1) is 17.8 Å². The van der Waals surface area contributed by atoms with Crippen LogP contribution < -0.4 is 15.4 Å². The normalized spacial score (nSPS) is 10.2. The fourth-order valence-electron chi connectivity index (χ4n) is 1.94. The molecule has 0 unspecified atom stereocenters. The zero-order chi connectivity index (χ0) is 16.8. The molecule has 0 radical (unpaired) electrons.